The van der Waals surface area contributed by atoms with Crippen LogP contribution >= 0.6 is 23.4 Å². The van der Waals surface area contributed by atoms with E-state index in [0.29, 0.717) is 34.8 Å². The van der Waals surface area contributed by atoms with Gasteiger partial charge in [-0.15, -0.1) is 0 Å². The molecular weight excluding hydrogens is 468 g/mol. The normalized spacial score (nSPS) is 15.8. The molecule has 1 aliphatic rings. The molecule has 1 saturated heterocycles. The number of hydrogen-bond acceptors (Lipinski definition) is 7. The van der Waals surface area contributed by atoms with Crippen molar-refractivity contribution in [1.29, 1.82) is 0 Å². The average Bonchev–Trinajstić information content (AvgIpc) is 3.05. The van der Waals surface area contributed by atoms with Gasteiger partial charge >= 0.3 is 0 Å². The van der Waals surface area contributed by atoms with Crippen LogP contribution in [0.5, 0.6) is 11.5 Å². The summed E-state index contributed by atoms with van der Waals surface area (Å²) < 4.78 is 11.5. The number of nitro groups is 1. The number of rotatable bonds is 9. The second-order valence-electron chi connectivity index (χ2n) is 7.29. The molecule has 0 aromatic heterocycles. The number of amides is 2. The van der Waals surface area contributed by atoms with Crippen LogP contribution in [0.4, 0.5) is 10.5 Å². The van der Waals surface area contributed by atoms with E-state index < -0.39 is 4.92 Å². The summed E-state index contributed by atoms with van der Waals surface area (Å²) in [6.45, 7) is 5.95. The van der Waals surface area contributed by atoms with Crippen molar-refractivity contribution >= 4 is 46.3 Å². The smallest absolute Gasteiger partial charge is 0.293 e. The summed E-state index contributed by atoms with van der Waals surface area (Å²) in [5.74, 6) is 0.317. The number of imide groups is 1. The summed E-state index contributed by atoms with van der Waals surface area (Å²) >= 11 is 7.35. The fourth-order valence-corrected chi connectivity index (χ4v) is 4.39. The lowest BCUT2D eigenvalue weighted by Gasteiger charge is -2.19. The Balaban J connectivity index is 1.86. The first-order valence-corrected chi connectivity index (χ1v) is 11.5. The Morgan fingerprint density at radius 2 is 1.97 bits per heavy atom. The summed E-state index contributed by atoms with van der Waals surface area (Å²) in [7, 11) is 0. The zero-order chi connectivity index (χ0) is 24.1. The van der Waals surface area contributed by atoms with Crippen LogP contribution in [0.2, 0.25) is 5.02 Å². The standard InChI is InChI=1S/C23H23ClN2O6S/c1-4-14(3)25-22(27)20(33-23(25)28)12-16-10-18(24)21(19(11-16)31-5-2)32-13-15-7-6-8-17(9-15)26(29)30/h6-12,14H,4-5,13H2,1-3H3/b20-12+/t14-/m0/s1. The highest BCUT2D eigenvalue weighted by atomic mass is 35.5. The molecule has 8 nitrogen and oxygen atoms in total. The Morgan fingerprint density at radius 1 is 1.21 bits per heavy atom. The van der Waals surface area contributed by atoms with Crippen molar-refractivity contribution in [3.05, 3.63) is 67.6 Å². The van der Waals surface area contributed by atoms with Gasteiger partial charge in [-0.2, -0.15) is 0 Å². The molecule has 0 aliphatic carbocycles. The van der Waals surface area contributed by atoms with Crippen LogP contribution in [0.25, 0.3) is 6.08 Å². The maximum absolute atomic E-state index is 12.7. The van der Waals surface area contributed by atoms with E-state index in [-0.39, 0.29) is 40.3 Å². The van der Waals surface area contributed by atoms with Gasteiger partial charge in [-0.1, -0.05) is 30.7 Å². The molecule has 1 fully saturated rings. The Hall–Kier alpha value is -3.04. The number of thioether (sulfide) groups is 1. The van der Waals surface area contributed by atoms with E-state index in [9.17, 15) is 19.7 Å². The highest BCUT2D eigenvalue weighted by Gasteiger charge is 2.37. The first-order chi connectivity index (χ1) is 15.7. The fourth-order valence-electron chi connectivity index (χ4n) is 3.18. The lowest BCUT2D eigenvalue weighted by molar-refractivity contribution is -0.384. The van der Waals surface area contributed by atoms with E-state index in [1.807, 2.05) is 20.8 Å². The van der Waals surface area contributed by atoms with Gasteiger partial charge in [0.05, 0.1) is 21.5 Å². The average molecular weight is 491 g/mol. The van der Waals surface area contributed by atoms with Crippen molar-refractivity contribution in [2.75, 3.05) is 6.61 Å². The van der Waals surface area contributed by atoms with Crippen LogP contribution in [-0.4, -0.2) is 33.6 Å². The van der Waals surface area contributed by atoms with E-state index in [4.69, 9.17) is 21.1 Å². The highest BCUT2D eigenvalue weighted by Crippen LogP contribution is 2.40. The van der Waals surface area contributed by atoms with Gasteiger partial charge in [-0.25, -0.2) is 0 Å². The molecule has 0 unspecified atom stereocenters. The Kier molecular flexibility index (Phi) is 7.99. The minimum absolute atomic E-state index is 0.0334. The fraction of sp³-hybridized carbons (Fsp3) is 0.304. The van der Waals surface area contributed by atoms with E-state index in [1.165, 1.54) is 17.0 Å². The SMILES string of the molecule is CCOc1cc(/C=C2/SC(=O)N([C@@H](C)CC)C2=O)cc(Cl)c1OCc1cccc([N+](=O)[O-])c1. The number of halogens is 1. The van der Waals surface area contributed by atoms with Crippen molar-refractivity contribution in [2.45, 2.75) is 39.8 Å². The van der Waals surface area contributed by atoms with E-state index >= 15 is 0 Å². The molecule has 0 radical (unpaired) electrons. The second-order valence-corrected chi connectivity index (χ2v) is 8.69. The molecule has 1 atom stereocenters. The molecule has 2 aromatic rings. The number of nitro benzene ring substituents is 1. The third-order valence-corrected chi connectivity index (χ3v) is 6.15. The minimum atomic E-state index is -0.472. The largest absolute Gasteiger partial charge is 0.490 e. The maximum Gasteiger partial charge on any atom is 0.293 e. The molecule has 10 heteroatoms. The first kappa shape index (κ1) is 24.6. The zero-order valence-electron chi connectivity index (χ0n) is 18.4. The number of carbonyl (C=O) groups excluding carboxylic acids is 2. The number of ether oxygens (including phenoxy) is 2. The van der Waals surface area contributed by atoms with Crippen molar-refractivity contribution in [1.82, 2.24) is 4.90 Å². The van der Waals surface area contributed by atoms with E-state index in [1.54, 1.807) is 30.3 Å². The monoisotopic (exact) mass is 490 g/mol. The van der Waals surface area contributed by atoms with E-state index in [2.05, 4.69) is 0 Å². The molecular formula is C23H23ClN2O6S. The molecule has 174 valence electrons. The molecule has 2 amide bonds. The summed E-state index contributed by atoms with van der Waals surface area (Å²) in [5, 5.41) is 10.9. The number of non-ortho nitro benzene ring substituents is 1. The van der Waals surface area contributed by atoms with Gasteiger partial charge < -0.3 is 9.47 Å². The molecule has 0 saturated carbocycles. The lowest BCUT2D eigenvalue weighted by atomic mass is 10.1. The molecule has 3 rings (SSSR count). The maximum atomic E-state index is 12.7. The Bertz CT molecular complexity index is 1120. The van der Waals surface area contributed by atoms with Crippen molar-refractivity contribution < 1.29 is 24.0 Å². The van der Waals surface area contributed by atoms with Gasteiger partial charge in [0.1, 0.15) is 6.61 Å². The van der Waals surface area contributed by atoms with Crippen molar-refractivity contribution in [3.8, 4) is 11.5 Å². The van der Waals surface area contributed by atoms with Crippen molar-refractivity contribution in [3.63, 3.8) is 0 Å². The third kappa shape index (κ3) is 5.66. The van der Waals surface area contributed by atoms with Gasteiger partial charge in [0.15, 0.2) is 11.5 Å². The zero-order valence-corrected chi connectivity index (χ0v) is 19.9. The van der Waals surface area contributed by atoms with Gasteiger partial charge in [0.2, 0.25) is 0 Å². The van der Waals surface area contributed by atoms with Crippen LogP contribution < -0.4 is 9.47 Å². The molecule has 33 heavy (non-hydrogen) atoms. The molecule has 1 heterocycles. The minimum Gasteiger partial charge on any atom is -0.490 e. The predicted molar refractivity (Wildman–Crippen MR) is 128 cm³/mol. The van der Waals surface area contributed by atoms with Crippen LogP contribution in [-0.2, 0) is 11.4 Å². The quantitative estimate of drug-likeness (QED) is 0.239. The number of benzene rings is 2. The predicted octanol–water partition coefficient (Wildman–Crippen LogP) is 6.06. The second kappa shape index (κ2) is 10.7. The number of hydrogen-bond donors (Lipinski definition) is 0. The van der Waals surface area contributed by atoms with Crippen LogP contribution in [0.3, 0.4) is 0 Å². The third-order valence-electron chi connectivity index (χ3n) is 4.99. The number of carbonyl (C=O) groups is 2. The van der Waals surface area contributed by atoms with Crippen LogP contribution in [0.1, 0.15) is 38.3 Å². The molecule has 2 aromatic carbocycles. The van der Waals surface area contributed by atoms with Gasteiger partial charge in [-0.05, 0) is 61.4 Å². The highest BCUT2D eigenvalue weighted by molar-refractivity contribution is 8.18. The topological polar surface area (TPSA) is 99.0 Å². The molecule has 0 N–H and O–H groups in total. The Labute approximate surface area is 200 Å². The Morgan fingerprint density at radius 3 is 2.64 bits per heavy atom. The van der Waals surface area contributed by atoms with Crippen LogP contribution in [0, 0.1) is 10.1 Å². The number of nitrogens with zero attached hydrogens (tertiary/aromatic N) is 2. The van der Waals surface area contributed by atoms with Crippen LogP contribution in [0.15, 0.2) is 41.3 Å². The first-order valence-electron chi connectivity index (χ1n) is 10.3. The van der Waals surface area contributed by atoms with E-state index in [0.717, 1.165) is 11.8 Å². The van der Waals surface area contributed by atoms with Gasteiger partial charge in [0, 0.05) is 18.2 Å². The summed E-state index contributed by atoms with van der Waals surface area (Å²) in [6.07, 6.45) is 2.27. The molecule has 1 aliphatic heterocycles. The van der Waals surface area contributed by atoms with Gasteiger partial charge in [0.25, 0.3) is 16.8 Å². The molecule has 0 spiro atoms. The lowest BCUT2D eigenvalue weighted by Crippen LogP contribution is -2.36. The van der Waals surface area contributed by atoms with Crippen molar-refractivity contribution in [2.24, 2.45) is 0 Å². The summed E-state index contributed by atoms with van der Waals surface area (Å²) in [5.41, 5.74) is 1.15. The summed E-state index contributed by atoms with van der Waals surface area (Å²) in [4.78, 5) is 37.1. The van der Waals surface area contributed by atoms with Gasteiger partial charge in [-0.3, -0.25) is 24.6 Å². The molecule has 0 bridgehead atoms. The summed E-state index contributed by atoms with van der Waals surface area (Å²) in [6, 6.07) is 9.23.